The van der Waals surface area contributed by atoms with E-state index in [-0.39, 0.29) is 6.04 Å². The van der Waals surface area contributed by atoms with Crippen LogP contribution >= 0.6 is 0 Å². The van der Waals surface area contributed by atoms with E-state index in [9.17, 15) is 8.42 Å². The van der Waals surface area contributed by atoms with Crippen LogP contribution in [0, 0.1) is 0 Å². The molecule has 1 aliphatic rings. The molecule has 0 aromatic heterocycles. The summed E-state index contributed by atoms with van der Waals surface area (Å²) in [5.74, 6) is 0.789. The summed E-state index contributed by atoms with van der Waals surface area (Å²) in [5.41, 5.74) is 1.04. The Morgan fingerprint density at radius 3 is 2.47 bits per heavy atom. The molecule has 4 nitrogen and oxygen atoms in total. The number of methoxy groups -OCH3 is 1. The Bertz CT molecular complexity index is 481. The van der Waals surface area contributed by atoms with Gasteiger partial charge in [-0.3, -0.25) is 0 Å². The summed E-state index contributed by atoms with van der Waals surface area (Å²) in [4.78, 5) is 0. The molecule has 0 N–H and O–H groups in total. The highest BCUT2D eigenvalue weighted by molar-refractivity contribution is 7.88. The minimum atomic E-state index is -3.11. The third-order valence-electron chi connectivity index (χ3n) is 3.13. The SMILES string of the molecule is COc1ccc([C@H]2CCCN2S(C)(=O)=O)cc1. The first-order valence-corrected chi connectivity index (χ1v) is 7.48. The lowest BCUT2D eigenvalue weighted by molar-refractivity contribution is 0.398. The maximum Gasteiger partial charge on any atom is 0.211 e. The topological polar surface area (TPSA) is 46.6 Å². The molecule has 0 bridgehead atoms. The summed E-state index contributed by atoms with van der Waals surface area (Å²) in [6, 6.07) is 7.60. The Balaban J connectivity index is 2.26. The van der Waals surface area contributed by atoms with Crippen molar-refractivity contribution in [2.24, 2.45) is 0 Å². The Hall–Kier alpha value is -1.07. The third-order valence-corrected chi connectivity index (χ3v) is 4.42. The molecule has 0 saturated carbocycles. The van der Waals surface area contributed by atoms with Crippen LogP contribution < -0.4 is 4.74 Å². The van der Waals surface area contributed by atoms with Crippen LogP contribution in [0.3, 0.4) is 0 Å². The number of ether oxygens (including phenoxy) is 1. The summed E-state index contributed by atoms with van der Waals surface area (Å²) in [6.07, 6.45) is 3.08. The fraction of sp³-hybridized carbons (Fsp3) is 0.500. The molecule has 0 radical (unpaired) electrons. The zero-order valence-electron chi connectivity index (χ0n) is 10.1. The molecule has 0 spiro atoms. The minimum Gasteiger partial charge on any atom is -0.497 e. The van der Waals surface area contributed by atoms with Crippen molar-refractivity contribution in [1.82, 2.24) is 4.31 Å². The summed E-state index contributed by atoms with van der Waals surface area (Å²) in [7, 11) is -1.50. The molecule has 1 aliphatic heterocycles. The Labute approximate surface area is 102 Å². The molecular formula is C12H17NO3S. The van der Waals surface area contributed by atoms with Crippen LogP contribution in [0.1, 0.15) is 24.4 Å². The number of sulfonamides is 1. The Morgan fingerprint density at radius 2 is 1.94 bits per heavy atom. The van der Waals surface area contributed by atoms with Crippen LogP contribution in [0.4, 0.5) is 0 Å². The molecule has 1 heterocycles. The van der Waals surface area contributed by atoms with Gasteiger partial charge in [0.1, 0.15) is 5.75 Å². The highest BCUT2D eigenvalue weighted by Crippen LogP contribution is 2.34. The van der Waals surface area contributed by atoms with Crippen molar-refractivity contribution in [3.8, 4) is 5.75 Å². The van der Waals surface area contributed by atoms with E-state index < -0.39 is 10.0 Å². The van der Waals surface area contributed by atoms with Gasteiger partial charge < -0.3 is 4.74 Å². The van der Waals surface area contributed by atoms with Crippen LogP contribution in [-0.2, 0) is 10.0 Å². The van der Waals surface area contributed by atoms with E-state index in [1.165, 1.54) is 6.26 Å². The largest absolute Gasteiger partial charge is 0.497 e. The molecule has 0 amide bonds. The monoisotopic (exact) mass is 255 g/mol. The van der Waals surface area contributed by atoms with Gasteiger partial charge in [-0.15, -0.1) is 0 Å². The summed E-state index contributed by atoms with van der Waals surface area (Å²) < 4.78 is 30.0. The Kier molecular flexibility index (Phi) is 3.40. The van der Waals surface area contributed by atoms with E-state index >= 15 is 0 Å². The quantitative estimate of drug-likeness (QED) is 0.827. The van der Waals surface area contributed by atoms with E-state index in [4.69, 9.17) is 4.74 Å². The second-order valence-electron chi connectivity index (χ2n) is 4.30. The van der Waals surface area contributed by atoms with E-state index in [2.05, 4.69) is 0 Å². The fourth-order valence-corrected chi connectivity index (χ4v) is 3.45. The van der Waals surface area contributed by atoms with Gasteiger partial charge in [-0.25, -0.2) is 8.42 Å². The highest BCUT2D eigenvalue weighted by Gasteiger charge is 2.32. The van der Waals surface area contributed by atoms with Crippen molar-refractivity contribution in [1.29, 1.82) is 0 Å². The van der Waals surface area contributed by atoms with Gasteiger partial charge >= 0.3 is 0 Å². The lowest BCUT2D eigenvalue weighted by Crippen LogP contribution is -2.29. The van der Waals surface area contributed by atoms with Gasteiger partial charge in [0.05, 0.1) is 13.4 Å². The molecule has 1 aromatic rings. The minimum absolute atomic E-state index is 0.0177. The van der Waals surface area contributed by atoms with E-state index in [1.54, 1.807) is 11.4 Å². The third kappa shape index (κ3) is 2.61. The average Bonchev–Trinajstić information content (AvgIpc) is 2.78. The smallest absolute Gasteiger partial charge is 0.211 e. The second-order valence-corrected chi connectivity index (χ2v) is 6.24. The number of nitrogens with zero attached hydrogens (tertiary/aromatic N) is 1. The van der Waals surface area contributed by atoms with Gasteiger partial charge in [-0.1, -0.05) is 12.1 Å². The van der Waals surface area contributed by atoms with Crippen molar-refractivity contribution in [2.75, 3.05) is 19.9 Å². The Morgan fingerprint density at radius 1 is 1.29 bits per heavy atom. The molecular weight excluding hydrogens is 238 g/mol. The van der Waals surface area contributed by atoms with E-state index in [1.807, 2.05) is 24.3 Å². The lowest BCUT2D eigenvalue weighted by Gasteiger charge is -2.22. The molecule has 1 aromatic carbocycles. The first-order chi connectivity index (χ1) is 8.02. The van der Waals surface area contributed by atoms with Crippen molar-refractivity contribution in [2.45, 2.75) is 18.9 Å². The van der Waals surface area contributed by atoms with E-state index in [0.29, 0.717) is 6.54 Å². The van der Waals surface area contributed by atoms with Crippen LogP contribution in [0.2, 0.25) is 0 Å². The molecule has 1 atom stereocenters. The van der Waals surface area contributed by atoms with Crippen LogP contribution in [0.25, 0.3) is 0 Å². The zero-order valence-corrected chi connectivity index (χ0v) is 10.9. The molecule has 0 aliphatic carbocycles. The number of hydrogen-bond donors (Lipinski definition) is 0. The maximum absolute atomic E-state index is 11.6. The van der Waals surface area contributed by atoms with Gasteiger partial charge in [0.15, 0.2) is 0 Å². The number of hydrogen-bond acceptors (Lipinski definition) is 3. The molecule has 2 rings (SSSR count). The molecule has 94 valence electrons. The van der Waals surface area contributed by atoms with Gasteiger partial charge in [-0.2, -0.15) is 4.31 Å². The lowest BCUT2D eigenvalue weighted by atomic mass is 10.1. The normalized spacial score (nSPS) is 21.6. The maximum atomic E-state index is 11.6. The average molecular weight is 255 g/mol. The molecule has 5 heteroatoms. The molecule has 1 fully saturated rings. The first-order valence-electron chi connectivity index (χ1n) is 5.63. The summed E-state index contributed by atoms with van der Waals surface area (Å²) in [6.45, 7) is 0.621. The number of rotatable bonds is 3. The van der Waals surface area contributed by atoms with Gasteiger partial charge in [0.25, 0.3) is 0 Å². The second kappa shape index (κ2) is 4.66. The molecule has 17 heavy (non-hydrogen) atoms. The number of benzene rings is 1. The summed E-state index contributed by atoms with van der Waals surface area (Å²) in [5, 5.41) is 0. The van der Waals surface area contributed by atoms with Gasteiger partial charge in [0.2, 0.25) is 10.0 Å². The summed E-state index contributed by atoms with van der Waals surface area (Å²) >= 11 is 0. The van der Waals surface area contributed by atoms with Crippen molar-refractivity contribution >= 4 is 10.0 Å². The fourth-order valence-electron chi connectivity index (χ4n) is 2.30. The standard InChI is InChI=1S/C12H17NO3S/c1-16-11-7-5-10(6-8-11)12-4-3-9-13(12)17(2,14)15/h5-8,12H,3-4,9H2,1-2H3/t12-/m1/s1. The van der Waals surface area contributed by atoms with Crippen molar-refractivity contribution < 1.29 is 13.2 Å². The van der Waals surface area contributed by atoms with Gasteiger partial charge in [0, 0.05) is 12.6 Å². The predicted octanol–water partition coefficient (Wildman–Crippen LogP) is 1.79. The van der Waals surface area contributed by atoms with Crippen LogP contribution in [0.5, 0.6) is 5.75 Å². The van der Waals surface area contributed by atoms with Crippen LogP contribution in [0.15, 0.2) is 24.3 Å². The van der Waals surface area contributed by atoms with E-state index in [0.717, 1.165) is 24.2 Å². The molecule has 1 saturated heterocycles. The van der Waals surface area contributed by atoms with Crippen molar-refractivity contribution in [3.05, 3.63) is 29.8 Å². The molecule has 0 unspecified atom stereocenters. The van der Waals surface area contributed by atoms with Crippen LogP contribution in [-0.4, -0.2) is 32.6 Å². The highest BCUT2D eigenvalue weighted by atomic mass is 32.2. The van der Waals surface area contributed by atoms with Crippen molar-refractivity contribution in [3.63, 3.8) is 0 Å². The van der Waals surface area contributed by atoms with Gasteiger partial charge in [-0.05, 0) is 30.5 Å². The first kappa shape index (κ1) is 12.4. The predicted molar refractivity (Wildman–Crippen MR) is 66.5 cm³/mol. The zero-order chi connectivity index (χ0) is 12.5.